The highest BCUT2D eigenvalue weighted by molar-refractivity contribution is 5.99. The van der Waals surface area contributed by atoms with Crippen LogP contribution in [0.15, 0.2) is 59.4 Å². The number of carbonyl (C=O) groups excluding carboxylic acids is 1. The number of nitriles is 1. The minimum Gasteiger partial charge on any atom is -0.294 e. The Morgan fingerprint density at radius 2 is 1.64 bits per heavy atom. The zero-order valence-corrected chi connectivity index (χ0v) is 15.9. The number of pyridine rings is 1. The van der Waals surface area contributed by atoms with Gasteiger partial charge in [-0.15, -0.1) is 0 Å². The highest BCUT2D eigenvalue weighted by Crippen LogP contribution is 2.33. The first-order chi connectivity index (χ1) is 13.5. The van der Waals surface area contributed by atoms with Gasteiger partial charge in [-0.1, -0.05) is 36.4 Å². The van der Waals surface area contributed by atoms with Gasteiger partial charge in [-0.25, -0.2) is 0 Å². The molecule has 0 spiro atoms. The van der Waals surface area contributed by atoms with Crippen LogP contribution in [-0.2, 0) is 6.42 Å². The van der Waals surface area contributed by atoms with Crippen molar-refractivity contribution in [1.29, 1.82) is 5.26 Å². The van der Waals surface area contributed by atoms with Gasteiger partial charge in [-0.05, 0) is 61.1 Å². The van der Waals surface area contributed by atoms with Crippen molar-refractivity contribution in [2.24, 2.45) is 0 Å². The van der Waals surface area contributed by atoms with Crippen molar-refractivity contribution >= 4 is 5.78 Å². The Labute approximate surface area is 163 Å². The van der Waals surface area contributed by atoms with Gasteiger partial charge < -0.3 is 0 Å². The molecule has 0 aliphatic heterocycles. The Bertz CT molecular complexity index is 1160. The van der Waals surface area contributed by atoms with Crippen LogP contribution in [-0.4, -0.2) is 10.4 Å². The molecule has 3 aromatic rings. The molecule has 1 heterocycles. The number of aromatic nitrogens is 1. The molecule has 4 nitrogen and oxygen atoms in total. The number of fused-ring (bicyclic) bond motifs is 1. The molecular formula is C24H20N2O2. The van der Waals surface area contributed by atoms with Crippen molar-refractivity contribution in [3.63, 3.8) is 0 Å². The summed E-state index contributed by atoms with van der Waals surface area (Å²) < 4.78 is 1.57. The van der Waals surface area contributed by atoms with Gasteiger partial charge in [-0.3, -0.25) is 14.2 Å². The number of ketones is 1. The zero-order chi connectivity index (χ0) is 19.8. The van der Waals surface area contributed by atoms with E-state index in [1.165, 1.54) is 6.07 Å². The highest BCUT2D eigenvalue weighted by atomic mass is 16.1. The SMILES string of the molecule is Cc1cc(C)cc(-n2c3c(cc(C#N)c2=O)C(=O)CC(c2ccccc2)C3)c1. The van der Waals surface area contributed by atoms with Crippen molar-refractivity contribution in [3.8, 4) is 11.8 Å². The lowest BCUT2D eigenvalue weighted by Crippen LogP contribution is -2.31. The summed E-state index contributed by atoms with van der Waals surface area (Å²) in [7, 11) is 0. The standard InChI is InChI=1S/C24H20N2O2/c1-15-8-16(2)10-20(9-15)26-22-12-18(17-6-4-3-5-7-17)13-23(27)21(22)11-19(14-25)24(26)28/h3-11,18H,12-13H2,1-2H3. The van der Waals surface area contributed by atoms with E-state index in [-0.39, 0.29) is 22.8 Å². The molecule has 1 aliphatic rings. The average molecular weight is 368 g/mol. The third-order valence-electron chi connectivity index (χ3n) is 5.33. The Balaban J connectivity index is 1.97. The molecule has 0 radical (unpaired) electrons. The summed E-state index contributed by atoms with van der Waals surface area (Å²) in [6, 6.07) is 19.2. The van der Waals surface area contributed by atoms with E-state index in [1.54, 1.807) is 4.57 Å². The van der Waals surface area contributed by atoms with Crippen LogP contribution in [0.25, 0.3) is 5.69 Å². The second-order valence-electron chi connectivity index (χ2n) is 7.46. The van der Waals surface area contributed by atoms with Crippen LogP contribution >= 0.6 is 0 Å². The zero-order valence-electron chi connectivity index (χ0n) is 15.9. The predicted molar refractivity (Wildman–Crippen MR) is 108 cm³/mol. The minimum atomic E-state index is -0.368. The highest BCUT2D eigenvalue weighted by Gasteiger charge is 2.30. The van der Waals surface area contributed by atoms with Crippen molar-refractivity contribution in [1.82, 2.24) is 4.57 Å². The van der Waals surface area contributed by atoms with Crippen LogP contribution < -0.4 is 5.56 Å². The average Bonchev–Trinajstić information content (AvgIpc) is 2.67. The molecule has 28 heavy (non-hydrogen) atoms. The van der Waals surface area contributed by atoms with Gasteiger partial charge >= 0.3 is 0 Å². The van der Waals surface area contributed by atoms with E-state index in [1.807, 2.05) is 68.4 Å². The van der Waals surface area contributed by atoms with Crippen LogP contribution in [0.4, 0.5) is 0 Å². The van der Waals surface area contributed by atoms with E-state index in [0.717, 1.165) is 16.7 Å². The van der Waals surface area contributed by atoms with Gasteiger partial charge in [0, 0.05) is 23.4 Å². The second kappa shape index (κ2) is 6.94. The Hall–Kier alpha value is -3.45. The molecule has 2 aromatic carbocycles. The van der Waals surface area contributed by atoms with Gasteiger partial charge in [0.25, 0.3) is 5.56 Å². The number of aryl methyl sites for hydroxylation is 2. The number of rotatable bonds is 2. The van der Waals surface area contributed by atoms with Gasteiger partial charge in [0.2, 0.25) is 0 Å². The third-order valence-corrected chi connectivity index (χ3v) is 5.33. The monoisotopic (exact) mass is 368 g/mol. The first kappa shape index (κ1) is 17.9. The molecule has 1 atom stereocenters. The van der Waals surface area contributed by atoms with Crippen LogP contribution in [0.3, 0.4) is 0 Å². The van der Waals surface area contributed by atoms with Crippen LogP contribution in [0.5, 0.6) is 0 Å². The molecule has 0 N–H and O–H groups in total. The van der Waals surface area contributed by atoms with E-state index < -0.39 is 0 Å². The molecule has 0 amide bonds. The molecule has 0 saturated carbocycles. The number of hydrogen-bond donors (Lipinski definition) is 0. The Morgan fingerprint density at radius 3 is 2.29 bits per heavy atom. The van der Waals surface area contributed by atoms with Gasteiger partial charge in [0.1, 0.15) is 11.6 Å². The number of benzene rings is 2. The summed E-state index contributed by atoms with van der Waals surface area (Å²) in [5.41, 5.74) is 4.67. The van der Waals surface area contributed by atoms with Gasteiger partial charge in [0.15, 0.2) is 5.78 Å². The molecule has 0 fully saturated rings. The summed E-state index contributed by atoms with van der Waals surface area (Å²) in [6.45, 7) is 3.94. The lowest BCUT2D eigenvalue weighted by atomic mass is 9.81. The summed E-state index contributed by atoms with van der Waals surface area (Å²) in [5, 5.41) is 9.44. The summed E-state index contributed by atoms with van der Waals surface area (Å²) >= 11 is 0. The van der Waals surface area contributed by atoms with Crippen molar-refractivity contribution < 1.29 is 4.79 Å². The normalized spacial score (nSPS) is 15.8. The van der Waals surface area contributed by atoms with E-state index in [2.05, 4.69) is 0 Å². The van der Waals surface area contributed by atoms with E-state index in [9.17, 15) is 14.9 Å². The molecule has 4 rings (SSSR count). The summed E-state index contributed by atoms with van der Waals surface area (Å²) in [6.07, 6.45) is 0.964. The maximum atomic E-state index is 13.1. The van der Waals surface area contributed by atoms with Gasteiger partial charge in [-0.2, -0.15) is 5.26 Å². The number of carbonyl (C=O) groups is 1. The molecule has 1 aliphatic carbocycles. The first-order valence-electron chi connectivity index (χ1n) is 9.34. The van der Waals surface area contributed by atoms with Crippen molar-refractivity contribution in [2.45, 2.75) is 32.6 Å². The van der Waals surface area contributed by atoms with Crippen LogP contribution in [0, 0.1) is 25.2 Å². The molecular weight excluding hydrogens is 348 g/mol. The number of Topliss-reactive ketones (excluding diaryl/α,β-unsaturated/α-hetero) is 1. The number of nitrogens with zero attached hydrogens (tertiary/aromatic N) is 2. The van der Waals surface area contributed by atoms with Crippen molar-refractivity contribution in [2.75, 3.05) is 0 Å². The second-order valence-corrected chi connectivity index (χ2v) is 7.46. The van der Waals surface area contributed by atoms with Crippen molar-refractivity contribution in [3.05, 3.63) is 98.5 Å². The fourth-order valence-electron chi connectivity index (χ4n) is 4.13. The Kier molecular flexibility index (Phi) is 4.44. The molecule has 0 bridgehead atoms. The molecule has 4 heteroatoms. The fourth-order valence-corrected chi connectivity index (χ4v) is 4.13. The summed E-state index contributed by atoms with van der Waals surface area (Å²) in [4.78, 5) is 26.0. The third kappa shape index (κ3) is 3.05. The van der Waals surface area contributed by atoms with Crippen LogP contribution in [0.2, 0.25) is 0 Å². The molecule has 138 valence electrons. The molecule has 1 aromatic heterocycles. The maximum Gasteiger partial charge on any atom is 0.273 e. The van der Waals surface area contributed by atoms with Crippen LogP contribution in [0.1, 0.15) is 50.6 Å². The van der Waals surface area contributed by atoms with E-state index >= 15 is 0 Å². The predicted octanol–water partition coefficient (Wildman–Crippen LogP) is 4.24. The quantitative estimate of drug-likeness (QED) is 0.680. The molecule has 1 unspecified atom stereocenters. The Morgan fingerprint density at radius 1 is 0.964 bits per heavy atom. The fraction of sp³-hybridized carbons (Fsp3) is 0.208. The summed E-state index contributed by atoms with van der Waals surface area (Å²) in [5.74, 6) is -0.00424. The minimum absolute atomic E-state index is 0.00409. The molecule has 0 saturated heterocycles. The van der Waals surface area contributed by atoms with E-state index in [4.69, 9.17) is 0 Å². The number of hydrogen-bond acceptors (Lipinski definition) is 3. The smallest absolute Gasteiger partial charge is 0.273 e. The topological polar surface area (TPSA) is 62.9 Å². The lowest BCUT2D eigenvalue weighted by molar-refractivity contribution is 0.0962. The largest absolute Gasteiger partial charge is 0.294 e. The van der Waals surface area contributed by atoms with Gasteiger partial charge in [0.05, 0.1) is 0 Å². The lowest BCUT2D eigenvalue weighted by Gasteiger charge is -2.27. The van der Waals surface area contributed by atoms with E-state index in [0.29, 0.717) is 29.8 Å². The first-order valence-corrected chi connectivity index (χ1v) is 9.34. The maximum absolute atomic E-state index is 13.1.